The Morgan fingerprint density at radius 2 is 1.80 bits per heavy atom. The Bertz CT molecular complexity index is 846. The van der Waals surface area contributed by atoms with Crippen LogP contribution in [-0.4, -0.2) is 28.7 Å². The summed E-state index contributed by atoms with van der Waals surface area (Å²) in [6.07, 6.45) is -0.791. The van der Waals surface area contributed by atoms with E-state index in [0.717, 1.165) is 15.8 Å². The lowest BCUT2D eigenvalue weighted by molar-refractivity contribution is -0.136. The number of benzene rings is 2. The maximum Gasteiger partial charge on any atom is 0.416 e. The van der Waals surface area contributed by atoms with Gasteiger partial charge in [-0.3, -0.25) is 9.69 Å². The summed E-state index contributed by atoms with van der Waals surface area (Å²) in [5, 5.41) is 9.37. The van der Waals surface area contributed by atoms with Crippen molar-refractivity contribution in [1.29, 1.82) is 0 Å². The number of aliphatic carboxylic acids is 1. The molecule has 0 saturated heterocycles. The summed E-state index contributed by atoms with van der Waals surface area (Å²) >= 11 is 1.33. The molecule has 3 rings (SSSR count). The monoisotopic (exact) mass is 356 g/mol. The molecule has 0 fully saturated rings. The van der Waals surface area contributed by atoms with Crippen LogP contribution in [0.25, 0.3) is 10.2 Å². The minimum Gasteiger partial charge on any atom is -0.481 e. The zero-order chi connectivity index (χ0) is 17.6. The van der Waals surface area contributed by atoms with Crippen molar-refractivity contribution in [3.63, 3.8) is 0 Å². The van der Waals surface area contributed by atoms with E-state index in [4.69, 9.17) is 9.84 Å². The van der Waals surface area contributed by atoms with E-state index in [1.807, 2.05) is 54.6 Å². The van der Waals surface area contributed by atoms with Crippen molar-refractivity contribution >= 4 is 38.7 Å². The van der Waals surface area contributed by atoms with Crippen molar-refractivity contribution in [3.05, 3.63) is 60.2 Å². The highest BCUT2D eigenvalue weighted by Crippen LogP contribution is 2.29. The average molecular weight is 356 g/mol. The van der Waals surface area contributed by atoms with Crippen molar-refractivity contribution in [2.24, 2.45) is 0 Å². The Balaban J connectivity index is 1.78. The summed E-state index contributed by atoms with van der Waals surface area (Å²) in [5.74, 6) is -0.984. The zero-order valence-corrected chi connectivity index (χ0v) is 14.1. The van der Waals surface area contributed by atoms with Crippen LogP contribution in [0, 0.1) is 0 Å². The van der Waals surface area contributed by atoms with Crippen molar-refractivity contribution in [2.75, 3.05) is 11.4 Å². The first kappa shape index (κ1) is 16.9. The van der Waals surface area contributed by atoms with Crippen LogP contribution in [0.2, 0.25) is 0 Å². The number of anilines is 1. The zero-order valence-electron chi connectivity index (χ0n) is 13.3. The molecule has 0 radical (unpaired) electrons. The molecule has 2 aromatic carbocycles. The van der Waals surface area contributed by atoms with Crippen molar-refractivity contribution < 1.29 is 19.4 Å². The second kappa shape index (κ2) is 7.76. The summed E-state index contributed by atoms with van der Waals surface area (Å²) < 4.78 is 6.26. The topological polar surface area (TPSA) is 79.7 Å². The minimum atomic E-state index is -0.984. The number of aromatic nitrogens is 1. The van der Waals surface area contributed by atoms with Gasteiger partial charge in [-0.15, -0.1) is 0 Å². The Hall–Kier alpha value is -2.93. The Labute approximate surface area is 148 Å². The quantitative estimate of drug-likeness (QED) is 0.724. The van der Waals surface area contributed by atoms with Gasteiger partial charge < -0.3 is 9.84 Å². The van der Waals surface area contributed by atoms with Gasteiger partial charge in [0.05, 0.1) is 16.6 Å². The van der Waals surface area contributed by atoms with Gasteiger partial charge >= 0.3 is 12.1 Å². The number of carboxylic acid groups (broad SMARTS) is 1. The van der Waals surface area contributed by atoms with Crippen LogP contribution in [0.15, 0.2) is 54.6 Å². The van der Waals surface area contributed by atoms with Gasteiger partial charge in [-0.1, -0.05) is 53.8 Å². The van der Waals surface area contributed by atoms with Crippen molar-refractivity contribution in [3.8, 4) is 0 Å². The number of rotatable bonds is 6. The van der Waals surface area contributed by atoms with Crippen molar-refractivity contribution in [2.45, 2.75) is 13.0 Å². The molecule has 0 unspecified atom stereocenters. The van der Waals surface area contributed by atoms with E-state index in [-0.39, 0.29) is 19.6 Å². The van der Waals surface area contributed by atoms with Crippen LogP contribution >= 0.6 is 11.3 Å². The molecular weight excluding hydrogens is 340 g/mol. The van der Waals surface area contributed by atoms with Gasteiger partial charge in [-0.2, -0.15) is 0 Å². The van der Waals surface area contributed by atoms with Gasteiger partial charge in [0.15, 0.2) is 5.13 Å². The summed E-state index contributed by atoms with van der Waals surface area (Å²) in [7, 11) is 0. The SMILES string of the molecule is O=C(O)CCN(C(=O)OCc1ccccc1)c1nc2ccccc2s1. The van der Waals surface area contributed by atoms with Gasteiger partial charge in [0.2, 0.25) is 0 Å². The highest BCUT2D eigenvalue weighted by molar-refractivity contribution is 7.22. The molecule has 1 aromatic heterocycles. The summed E-state index contributed by atoms with van der Waals surface area (Å²) in [6.45, 7) is 0.122. The Morgan fingerprint density at radius 3 is 2.52 bits per heavy atom. The number of hydrogen-bond donors (Lipinski definition) is 1. The van der Waals surface area contributed by atoms with Gasteiger partial charge in [0.25, 0.3) is 0 Å². The fraction of sp³-hybridized carbons (Fsp3) is 0.167. The molecule has 1 N–H and O–H groups in total. The number of carbonyl (C=O) groups excluding carboxylic acids is 1. The Kier molecular flexibility index (Phi) is 5.25. The van der Waals surface area contributed by atoms with Crippen LogP contribution in [0.3, 0.4) is 0 Å². The smallest absolute Gasteiger partial charge is 0.416 e. The van der Waals surface area contributed by atoms with E-state index < -0.39 is 12.1 Å². The molecule has 128 valence electrons. The van der Waals surface area contributed by atoms with Gasteiger partial charge in [-0.25, -0.2) is 9.78 Å². The lowest BCUT2D eigenvalue weighted by Crippen LogP contribution is -2.33. The predicted octanol–water partition coefficient (Wildman–Crippen LogP) is 3.91. The fourth-order valence-corrected chi connectivity index (χ4v) is 3.23. The van der Waals surface area contributed by atoms with E-state index in [2.05, 4.69) is 4.98 Å². The highest BCUT2D eigenvalue weighted by atomic mass is 32.1. The second-order valence-corrected chi connectivity index (χ2v) is 6.31. The predicted molar refractivity (Wildman–Crippen MR) is 95.8 cm³/mol. The number of amides is 1. The third-order valence-electron chi connectivity index (χ3n) is 3.49. The van der Waals surface area contributed by atoms with E-state index >= 15 is 0 Å². The van der Waals surface area contributed by atoms with Gasteiger partial charge in [0.1, 0.15) is 6.61 Å². The number of fused-ring (bicyclic) bond motifs is 1. The molecule has 1 amide bonds. The second-order valence-electron chi connectivity index (χ2n) is 5.30. The molecule has 25 heavy (non-hydrogen) atoms. The number of para-hydroxylation sites is 1. The maximum absolute atomic E-state index is 12.5. The van der Waals surface area contributed by atoms with Gasteiger partial charge in [0, 0.05) is 6.54 Å². The van der Waals surface area contributed by atoms with E-state index in [0.29, 0.717) is 5.13 Å². The molecule has 0 bridgehead atoms. The Morgan fingerprint density at radius 1 is 1.08 bits per heavy atom. The summed E-state index contributed by atoms with van der Waals surface area (Å²) in [5.41, 5.74) is 1.62. The van der Waals surface area contributed by atoms with E-state index in [1.165, 1.54) is 16.2 Å². The molecule has 0 aliphatic rings. The molecule has 0 spiro atoms. The molecule has 3 aromatic rings. The lowest BCUT2D eigenvalue weighted by Gasteiger charge is -2.18. The molecule has 0 aliphatic carbocycles. The number of thiazole rings is 1. The number of nitrogens with zero attached hydrogens (tertiary/aromatic N) is 2. The normalized spacial score (nSPS) is 10.6. The van der Waals surface area contributed by atoms with Crippen LogP contribution in [0.5, 0.6) is 0 Å². The third-order valence-corrected chi connectivity index (χ3v) is 4.55. The maximum atomic E-state index is 12.5. The van der Waals surface area contributed by atoms with Crippen LogP contribution in [0.4, 0.5) is 9.93 Å². The van der Waals surface area contributed by atoms with E-state index in [9.17, 15) is 9.59 Å². The first-order valence-electron chi connectivity index (χ1n) is 7.69. The fourth-order valence-electron chi connectivity index (χ4n) is 2.25. The van der Waals surface area contributed by atoms with Gasteiger partial charge in [-0.05, 0) is 17.7 Å². The van der Waals surface area contributed by atoms with Crippen LogP contribution in [-0.2, 0) is 16.1 Å². The molecule has 7 heteroatoms. The molecule has 1 heterocycles. The lowest BCUT2D eigenvalue weighted by atomic mass is 10.2. The molecule has 0 atom stereocenters. The van der Waals surface area contributed by atoms with Crippen molar-refractivity contribution in [1.82, 2.24) is 4.98 Å². The summed E-state index contributed by atoms with van der Waals surface area (Å²) in [4.78, 5) is 29.1. The standard InChI is InChI=1S/C18H16N2O4S/c21-16(22)10-11-20(17-19-14-8-4-5-9-15(14)25-17)18(23)24-12-13-6-2-1-3-7-13/h1-9H,10-12H2,(H,21,22). The molecule has 6 nitrogen and oxygen atoms in total. The minimum absolute atomic E-state index is 0.00276. The molecule has 0 saturated carbocycles. The number of carbonyl (C=O) groups is 2. The average Bonchev–Trinajstić information content (AvgIpc) is 3.04. The number of ether oxygens (including phenoxy) is 1. The van der Waals surface area contributed by atoms with Crippen LogP contribution in [0.1, 0.15) is 12.0 Å². The molecular formula is C18H16N2O4S. The first-order chi connectivity index (χ1) is 12.1. The third kappa shape index (κ3) is 4.33. The van der Waals surface area contributed by atoms with Crippen LogP contribution < -0.4 is 4.90 Å². The number of carboxylic acids is 1. The van der Waals surface area contributed by atoms with E-state index in [1.54, 1.807) is 0 Å². The highest BCUT2D eigenvalue weighted by Gasteiger charge is 2.22. The molecule has 0 aliphatic heterocycles. The first-order valence-corrected chi connectivity index (χ1v) is 8.51. The largest absolute Gasteiger partial charge is 0.481 e. The number of hydrogen-bond acceptors (Lipinski definition) is 5. The summed E-state index contributed by atoms with van der Waals surface area (Å²) in [6, 6.07) is 16.8.